The predicted octanol–water partition coefficient (Wildman–Crippen LogP) is 2.50. The molecule has 0 amide bonds. The minimum Gasteiger partial charge on any atom is -0.464 e. The lowest BCUT2D eigenvalue weighted by Gasteiger charge is -1.96. The highest BCUT2D eigenvalue weighted by Gasteiger charge is 2.18. The van der Waals surface area contributed by atoms with Gasteiger partial charge in [-0.3, -0.25) is 0 Å². The number of methoxy groups -OCH3 is 1. The lowest BCUT2D eigenvalue weighted by atomic mass is 10.3. The van der Waals surface area contributed by atoms with Crippen LogP contribution in [0.2, 0.25) is 0 Å². The fourth-order valence-corrected chi connectivity index (χ4v) is 1.96. The quantitative estimate of drug-likeness (QED) is 0.734. The predicted molar refractivity (Wildman–Crippen MR) is 55.9 cm³/mol. The van der Waals surface area contributed by atoms with Crippen LogP contribution in [0, 0.1) is 6.92 Å². The molecule has 4 nitrogen and oxygen atoms in total. The van der Waals surface area contributed by atoms with Gasteiger partial charge in [0.05, 0.1) is 12.6 Å². The van der Waals surface area contributed by atoms with E-state index in [1.54, 1.807) is 5.51 Å². The molecule has 0 fully saturated rings. The second-order valence-corrected chi connectivity index (χ2v) is 3.79. The van der Waals surface area contributed by atoms with Crippen LogP contribution in [0.1, 0.15) is 16.2 Å². The first kappa shape index (κ1) is 9.92. The van der Waals surface area contributed by atoms with E-state index in [0.29, 0.717) is 16.3 Å². The van der Waals surface area contributed by atoms with E-state index in [9.17, 15) is 4.79 Å². The van der Waals surface area contributed by atoms with Gasteiger partial charge in [0.1, 0.15) is 16.4 Å². The minimum absolute atomic E-state index is 0.303. The van der Waals surface area contributed by atoms with Gasteiger partial charge in [-0.25, -0.2) is 9.78 Å². The molecule has 2 aromatic heterocycles. The Morgan fingerprint density at radius 2 is 2.33 bits per heavy atom. The van der Waals surface area contributed by atoms with E-state index in [-0.39, 0.29) is 0 Å². The molecular formula is C10H9NO3S. The number of esters is 1. The van der Waals surface area contributed by atoms with Crippen molar-refractivity contribution in [1.29, 1.82) is 0 Å². The van der Waals surface area contributed by atoms with Crippen molar-refractivity contribution in [2.45, 2.75) is 6.92 Å². The monoisotopic (exact) mass is 223 g/mol. The van der Waals surface area contributed by atoms with Gasteiger partial charge in [0, 0.05) is 0 Å². The molecule has 78 valence electrons. The second-order valence-electron chi connectivity index (χ2n) is 2.93. The van der Waals surface area contributed by atoms with Gasteiger partial charge >= 0.3 is 5.97 Å². The van der Waals surface area contributed by atoms with Gasteiger partial charge in [0.25, 0.3) is 0 Å². The average Bonchev–Trinajstić information content (AvgIpc) is 2.84. The van der Waals surface area contributed by atoms with Crippen LogP contribution < -0.4 is 0 Å². The number of hydrogen-bond donors (Lipinski definition) is 0. The third kappa shape index (κ3) is 1.78. The van der Waals surface area contributed by atoms with Crippen molar-refractivity contribution in [3.63, 3.8) is 0 Å². The fourth-order valence-electron chi connectivity index (χ4n) is 1.22. The van der Waals surface area contributed by atoms with Crippen LogP contribution in [-0.2, 0) is 4.74 Å². The van der Waals surface area contributed by atoms with Gasteiger partial charge in [-0.15, -0.1) is 11.3 Å². The Kier molecular flexibility index (Phi) is 2.55. The Balaban J connectivity index is 2.45. The number of thiazole rings is 1. The first-order chi connectivity index (χ1) is 7.22. The van der Waals surface area contributed by atoms with Crippen LogP contribution in [0.5, 0.6) is 0 Å². The highest BCUT2D eigenvalue weighted by molar-refractivity contribution is 7.13. The zero-order valence-electron chi connectivity index (χ0n) is 8.31. The van der Waals surface area contributed by atoms with Crippen molar-refractivity contribution in [3.8, 4) is 10.6 Å². The highest BCUT2D eigenvalue weighted by Crippen LogP contribution is 2.29. The summed E-state index contributed by atoms with van der Waals surface area (Å²) < 4.78 is 10.1. The molecule has 0 saturated heterocycles. The van der Waals surface area contributed by atoms with E-state index in [1.165, 1.54) is 18.4 Å². The van der Waals surface area contributed by atoms with Crippen molar-refractivity contribution in [2.24, 2.45) is 0 Å². The number of furan rings is 1. The van der Waals surface area contributed by atoms with E-state index < -0.39 is 5.97 Å². The van der Waals surface area contributed by atoms with Crippen molar-refractivity contribution < 1.29 is 13.9 Å². The standard InChI is InChI=1S/C10H9NO3S/c1-6-3-4-7(14-6)9-8(10(12)13-2)11-5-15-9/h3-5H,1-2H3. The van der Waals surface area contributed by atoms with E-state index in [0.717, 1.165) is 5.76 Å². The van der Waals surface area contributed by atoms with Crippen LogP contribution >= 0.6 is 11.3 Å². The molecule has 0 N–H and O–H groups in total. The van der Waals surface area contributed by atoms with Gasteiger partial charge < -0.3 is 9.15 Å². The SMILES string of the molecule is COC(=O)c1ncsc1-c1ccc(C)o1. The summed E-state index contributed by atoms with van der Waals surface area (Å²) in [5, 5.41) is 0. The molecule has 0 aliphatic heterocycles. The molecule has 0 aromatic carbocycles. The Morgan fingerprint density at radius 1 is 1.53 bits per heavy atom. The number of carbonyl (C=O) groups excluding carboxylic acids is 1. The average molecular weight is 223 g/mol. The normalized spacial score (nSPS) is 10.3. The minimum atomic E-state index is -0.444. The largest absolute Gasteiger partial charge is 0.464 e. The van der Waals surface area contributed by atoms with E-state index >= 15 is 0 Å². The summed E-state index contributed by atoms with van der Waals surface area (Å²) >= 11 is 1.35. The molecule has 0 bridgehead atoms. The number of rotatable bonds is 2. The van der Waals surface area contributed by atoms with Gasteiger partial charge in [-0.2, -0.15) is 0 Å². The van der Waals surface area contributed by atoms with Crippen molar-refractivity contribution in [1.82, 2.24) is 4.98 Å². The summed E-state index contributed by atoms with van der Waals surface area (Å²) in [4.78, 5) is 16.0. The number of ether oxygens (including phenoxy) is 1. The Hall–Kier alpha value is -1.62. The molecule has 0 saturated carbocycles. The lowest BCUT2D eigenvalue weighted by molar-refractivity contribution is 0.0595. The zero-order valence-corrected chi connectivity index (χ0v) is 9.13. The molecule has 0 spiro atoms. The number of hydrogen-bond acceptors (Lipinski definition) is 5. The van der Waals surface area contributed by atoms with Gasteiger partial charge in [-0.05, 0) is 19.1 Å². The first-order valence-electron chi connectivity index (χ1n) is 4.31. The third-order valence-electron chi connectivity index (χ3n) is 1.91. The molecule has 2 aromatic rings. The summed E-state index contributed by atoms with van der Waals surface area (Å²) in [5.41, 5.74) is 1.90. The molecule has 0 atom stereocenters. The van der Waals surface area contributed by atoms with Gasteiger partial charge in [0.2, 0.25) is 0 Å². The topological polar surface area (TPSA) is 52.3 Å². The molecule has 5 heteroatoms. The van der Waals surface area contributed by atoms with Gasteiger partial charge in [-0.1, -0.05) is 0 Å². The van der Waals surface area contributed by atoms with Crippen molar-refractivity contribution >= 4 is 17.3 Å². The van der Waals surface area contributed by atoms with Crippen LogP contribution in [0.4, 0.5) is 0 Å². The maximum atomic E-state index is 11.4. The van der Waals surface area contributed by atoms with Gasteiger partial charge in [0.15, 0.2) is 5.69 Å². The van der Waals surface area contributed by atoms with Crippen LogP contribution in [0.25, 0.3) is 10.6 Å². The lowest BCUT2D eigenvalue weighted by Crippen LogP contribution is -2.02. The molecule has 0 aliphatic carbocycles. The van der Waals surface area contributed by atoms with E-state index in [4.69, 9.17) is 4.42 Å². The van der Waals surface area contributed by atoms with Crippen LogP contribution in [-0.4, -0.2) is 18.1 Å². The van der Waals surface area contributed by atoms with Crippen LogP contribution in [0.3, 0.4) is 0 Å². The number of carbonyl (C=O) groups is 1. The summed E-state index contributed by atoms with van der Waals surface area (Å²) in [6, 6.07) is 3.66. The summed E-state index contributed by atoms with van der Waals surface area (Å²) in [6.07, 6.45) is 0. The smallest absolute Gasteiger partial charge is 0.358 e. The van der Waals surface area contributed by atoms with Crippen molar-refractivity contribution in [3.05, 3.63) is 29.1 Å². The number of aromatic nitrogens is 1. The molecule has 2 rings (SSSR count). The second kappa shape index (κ2) is 3.86. The highest BCUT2D eigenvalue weighted by atomic mass is 32.1. The molecule has 2 heterocycles. The third-order valence-corrected chi connectivity index (χ3v) is 2.75. The Bertz CT molecular complexity index is 486. The molecule has 0 radical (unpaired) electrons. The number of aryl methyl sites for hydroxylation is 1. The van der Waals surface area contributed by atoms with E-state index in [2.05, 4.69) is 9.72 Å². The summed E-state index contributed by atoms with van der Waals surface area (Å²) in [5.74, 6) is 1.00. The molecular weight excluding hydrogens is 214 g/mol. The number of nitrogens with zero attached hydrogens (tertiary/aromatic N) is 1. The summed E-state index contributed by atoms with van der Waals surface area (Å²) in [7, 11) is 1.33. The summed E-state index contributed by atoms with van der Waals surface area (Å²) in [6.45, 7) is 1.85. The maximum absolute atomic E-state index is 11.4. The Labute approximate surface area is 90.5 Å². The van der Waals surface area contributed by atoms with Crippen molar-refractivity contribution in [2.75, 3.05) is 7.11 Å². The molecule has 15 heavy (non-hydrogen) atoms. The zero-order chi connectivity index (χ0) is 10.8. The van der Waals surface area contributed by atoms with E-state index in [1.807, 2.05) is 19.1 Å². The molecule has 0 unspecified atom stereocenters. The first-order valence-corrected chi connectivity index (χ1v) is 5.19. The maximum Gasteiger partial charge on any atom is 0.358 e. The fraction of sp³-hybridized carbons (Fsp3) is 0.200. The molecule has 0 aliphatic rings. The van der Waals surface area contributed by atoms with Crippen LogP contribution in [0.15, 0.2) is 22.1 Å². The Morgan fingerprint density at radius 3 is 2.93 bits per heavy atom.